The summed E-state index contributed by atoms with van der Waals surface area (Å²) in [5.74, 6) is -2.91. The van der Waals surface area contributed by atoms with Crippen LogP contribution in [0.5, 0.6) is 0 Å². The minimum atomic E-state index is -1.32. The molecule has 0 aliphatic rings. The summed E-state index contributed by atoms with van der Waals surface area (Å²) in [7, 11) is 0. The zero-order chi connectivity index (χ0) is 22.2. The summed E-state index contributed by atoms with van der Waals surface area (Å²) in [5, 5.41) is 1.58. The van der Waals surface area contributed by atoms with E-state index < -0.39 is 46.6 Å². The third-order valence-electron chi connectivity index (χ3n) is 3.28. The molecular formula is C16H21NO10S2. The fourth-order valence-corrected chi connectivity index (χ4v) is 2.62. The summed E-state index contributed by atoms with van der Waals surface area (Å²) >= 11 is 4.55. The molecule has 11 nitrogen and oxygen atoms in total. The van der Waals surface area contributed by atoms with Crippen molar-refractivity contribution < 1.29 is 42.2 Å². The van der Waals surface area contributed by atoms with E-state index in [0.717, 1.165) is 6.92 Å². The van der Waals surface area contributed by atoms with E-state index in [4.69, 9.17) is 9.15 Å². The topological polar surface area (TPSA) is 151 Å². The molecule has 0 aliphatic heterocycles. The predicted octanol–water partition coefficient (Wildman–Crippen LogP) is 1.17. The Kier molecular flexibility index (Phi) is 9.30. The van der Waals surface area contributed by atoms with E-state index >= 15 is 0 Å². The molecule has 0 bridgehead atoms. The molecule has 13 heteroatoms. The van der Waals surface area contributed by atoms with Crippen LogP contribution in [0, 0.1) is 6.92 Å². The van der Waals surface area contributed by atoms with Gasteiger partial charge in [-0.25, -0.2) is 14.4 Å². The van der Waals surface area contributed by atoms with Gasteiger partial charge in [-0.2, -0.15) is 12.6 Å². The highest BCUT2D eigenvalue weighted by molar-refractivity contribution is 8.15. The molecule has 1 N–H and O–H groups in total. The fraction of sp³-hybridized carbons (Fsp3) is 0.562. The number of hydrogen-bond donors (Lipinski definition) is 2. The molecule has 1 atom stereocenters. The van der Waals surface area contributed by atoms with Crippen molar-refractivity contribution in [2.45, 2.75) is 45.1 Å². The Morgan fingerprint density at radius 3 is 2.34 bits per heavy atom. The lowest BCUT2D eigenvalue weighted by atomic mass is 10.2. The van der Waals surface area contributed by atoms with Gasteiger partial charge in [0.25, 0.3) is 0 Å². The lowest BCUT2D eigenvalue weighted by Gasteiger charge is -2.24. The van der Waals surface area contributed by atoms with Gasteiger partial charge in [0, 0.05) is 12.7 Å². The first-order valence-corrected chi connectivity index (χ1v) is 9.58. The number of amides is 1. The van der Waals surface area contributed by atoms with Gasteiger partial charge in [0.15, 0.2) is 18.1 Å². The molecule has 0 spiro atoms. The van der Waals surface area contributed by atoms with Crippen LogP contribution in [0.3, 0.4) is 0 Å². The first-order chi connectivity index (χ1) is 13.5. The van der Waals surface area contributed by atoms with Crippen LogP contribution in [0.1, 0.15) is 32.3 Å². The Bertz CT molecular complexity index is 813. The number of carbonyl (C=O) groups is 4. The zero-order valence-corrected chi connectivity index (χ0v) is 17.8. The molecule has 1 heterocycles. The summed E-state index contributed by atoms with van der Waals surface area (Å²) in [6.07, 6.45) is 0. The van der Waals surface area contributed by atoms with E-state index in [1.807, 2.05) is 0 Å². The van der Waals surface area contributed by atoms with Crippen molar-refractivity contribution in [3.63, 3.8) is 0 Å². The van der Waals surface area contributed by atoms with Crippen LogP contribution in [0.4, 0.5) is 4.79 Å². The summed E-state index contributed by atoms with van der Waals surface area (Å²) in [5.41, 5.74) is 0. The van der Waals surface area contributed by atoms with Crippen LogP contribution in [0.25, 0.3) is 0 Å². The number of thioether (sulfide) groups is 1. The smallest absolute Gasteiger partial charge is 0.456 e. The summed E-state index contributed by atoms with van der Waals surface area (Å²) in [6, 6.07) is -1.12. The van der Waals surface area contributed by atoms with Crippen LogP contribution in [-0.2, 0) is 35.2 Å². The molecule has 0 aliphatic carbocycles. The summed E-state index contributed by atoms with van der Waals surface area (Å²) in [6.45, 7) is 4.54. The number of carbonyl (C=O) groups excluding carboxylic acids is 4. The number of rotatable bonds is 9. The minimum Gasteiger partial charge on any atom is -0.456 e. The van der Waals surface area contributed by atoms with Gasteiger partial charge in [-0.1, -0.05) is 0 Å². The Balaban J connectivity index is 2.59. The molecule has 1 aromatic heterocycles. The van der Waals surface area contributed by atoms with Gasteiger partial charge in [0.1, 0.15) is 6.04 Å². The lowest BCUT2D eigenvalue weighted by molar-refractivity contribution is -0.149. The number of aryl methyl sites for hydroxylation is 1. The summed E-state index contributed by atoms with van der Waals surface area (Å²) in [4.78, 5) is 58.0. The number of esters is 2. The second kappa shape index (κ2) is 11.0. The Hall–Kier alpha value is -2.41. The number of nitrogens with one attached hydrogen (secondary N) is 1. The molecule has 0 saturated heterocycles. The van der Waals surface area contributed by atoms with E-state index in [1.165, 1.54) is 20.8 Å². The SMILES string of the molecule is CC(=O)OCOC(=O)SC(C)(C)C(=O)N[C@@H](CS)C(=O)OCc1oc(=O)oc1C. The molecule has 0 aromatic carbocycles. The Morgan fingerprint density at radius 1 is 1.17 bits per heavy atom. The highest BCUT2D eigenvalue weighted by Crippen LogP contribution is 2.26. The predicted molar refractivity (Wildman–Crippen MR) is 102 cm³/mol. The first kappa shape index (κ1) is 24.6. The number of thiol groups is 1. The van der Waals surface area contributed by atoms with E-state index in [1.54, 1.807) is 0 Å². The molecule has 0 radical (unpaired) electrons. The Morgan fingerprint density at radius 2 is 1.83 bits per heavy atom. The van der Waals surface area contributed by atoms with E-state index in [0.29, 0.717) is 11.8 Å². The molecule has 1 amide bonds. The average Bonchev–Trinajstić information content (AvgIpc) is 2.93. The maximum Gasteiger partial charge on any atom is 0.519 e. The molecule has 0 saturated carbocycles. The van der Waals surface area contributed by atoms with Gasteiger partial charge in [-0.15, -0.1) is 0 Å². The van der Waals surface area contributed by atoms with Crippen molar-refractivity contribution in [1.82, 2.24) is 5.32 Å². The number of hydrogen-bond acceptors (Lipinski definition) is 12. The second-order valence-electron chi connectivity index (χ2n) is 6.01. The van der Waals surface area contributed by atoms with Crippen molar-refractivity contribution >= 4 is 47.5 Å². The van der Waals surface area contributed by atoms with E-state index in [2.05, 4.69) is 31.8 Å². The van der Waals surface area contributed by atoms with Crippen LogP contribution in [0.15, 0.2) is 13.6 Å². The maximum absolute atomic E-state index is 12.4. The Labute approximate surface area is 175 Å². The van der Waals surface area contributed by atoms with Crippen LogP contribution >= 0.6 is 24.4 Å². The quantitative estimate of drug-likeness (QED) is 0.316. The molecule has 0 unspecified atom stereocenters. The zero-order valence-electron chi connectivity index (χ0n) is 16.1. The first-order valence-electron chi connectivity index (χ1n) is 8.13. The molecule has 162 valence electrons. The molecule has 1 rings (SSSR count). The minimum absolute atomic E-state index is 0.0407. The van der Waals surface area contributed by atoms with Crippen LogP contribution in [-0.4, -0.2) is 46.5 Å². The van der Waals surface area contributed by atoms with E-state index in [-0.39, 0.29) is 23.9 Å². The van der Waals surface area contributed by atoms with Crippen molar-refractivity contribution in [3.8, 4) is 0 Å². The summed E-state index contributed by atoms with van der Waals surface area (Å²) < 4.78 is 22.2. The van der Waals surface area contributed by atoms with Crippen molar-refractivity contribution in [2.75, 3.05) is 12.5 Å². The van der Waals surface area contributed by atoms with Gasteiger partial charge in [0.05, 0.1) is 4.75 Å². The largest absolute Gasteiger partial charge is 0.519 e. The molecular weight excluding hydrogens is 430 g/mol. The highest BCUT2D eigenvalue weighted by atomic mass is 32.2. The average molecular weight is 451 g/mol. The van der Waals surface area contributed by atoms with E-state index in [9.17, 15) is 24.0 Å². The monoisotopic (exact) mass is 451 g/mol. The number of ether oxygens (including phenoxy) is 3. The van der Waals surface area contributed by atoms with Gasteiger partial charge in [0.2, 0.25) is 12.7 Å². The van der Waals surface area contributed by atoms with Crippen molar-refractivity contribution in [2.24, 2.45) is 0 Å². The normalized spacial score (nSPS) is 12.0. The van der Waals surface area contributed by atoms with Gasteiger partial charge in [-0.3, -0.25) is 9.59 Å². The van der Waals surface area contributed by atoms with Crippen molar-refractivity contribution in [3.05, 3.63) is 22.1 Å². The molecule has 1 aromatic rings. The third-order valence-corrected chi connectivity index (χ3v) is 4.62. The van der Waals surface area contributed by atoms with Gasteiger partial charge >= 0.3 is 23.1 Å². The lowest BCUT2D eigenvalue weighted by Crippen LogP contribution is -2.50. The van der Waals surface area contributed by atoms with Gasteiger partial charge in [-0.05, 0) is 32.5 Å². The van der Waals surface area contributed by atoms with Crippen LogP contribution < -0.4 is 11.1 Å². The van der Waals surface area contributed by atoms with Crippen molar-refractivity contribution in [1.29, 1.82) is 0 Å². The van der Waals surface area contributed by atoms with Gasteiger partial charge < -0.3 is 28.4 Å². The molecule has 29 heavy (non-hydrogen) atoms. The van der Waals surface area contributed by atoms with Crippen LogP contribution in [0.2, 0.25) is 0 Å². The molecule has 0 fully saturated rings. The maximum atomic E-state index is 12.4. The fourth-order valence-electron chi connectivity index (χ4n) is 1.70. The standard InChI is InChI=1S/C16H21NO10S2/c1-8-11(27-14(21)26-8)5-23-12(19)10(6-28)17-13(20)16(3,4)29-15(22)25-7-24-9(2)18/h10,28H,5-7H2,1-4H3,(H,17,20)/t10-/m0/s1. The highest BCUT2D eigenvalue weighted by Gasteiger charge is 2.35. The third kappa shape index (κ3) is 8.23. The second-order valence-corrected chi connectivity index (χ2v) is 7.93.